The lowest BCUT2D eigenvalue weighted by Gasteiger charge is -2.07. The van der Waals surface area contributed by atoms with Crippen molar-refractivity contribution in [1.82, 2.24) is 10.3 Å². The summed E-state index contributed by atoms with van der Waals surface area (Å²) >= 11 is 7.95. The van der Waals surface area contributed by atoms with Crippen molar-refractivity contribution in [2.45, 2.75) is 23.3 Å². The second kappa shape index (κ2) is 6.78. The fourth-order valence-corrected chi connectivity index (χ4v) is 2.66. The standard InChI is InChI=1S/C14H15ClN2S/c1-2-16-10-11-3-4-14(13(15)9-11)18-12-5-7-17-8-6-12/h3-9,16H,2,10H2,1H3. The molecule has 0 saturated carbocycles. The van der Waals surface area contributed by atoms with Crippen LogP contribution in [0, 0.1) is 0 Å². The smallest absolute Gasteiger partial charge is 0.0548 e. The Labute approximate surface area is 117 Å². The number of aromatic nitrogens is 1. The van der Waals surface area contributed by atoms with E-state index in [1.54, 1.807) is 24.2 Å². The van der Waals surface area contributed by atoms with Gasteiger partial charge in [0.15, 0.2) is 0 Å². The molecule has 0 spiro atoms. The Bertz CT molecular complexity index is 502. The molecule has 0 aliphatic heterocycles. The molecule has 2 aromatic rings. The van der Waals surface area contributed by atoms with E-state index in [-0.39, 0.29) is 0 Å². The third kappa shape index (κ3) is 3.73. The Morgan fingerprint density at radius 3 is 2.67 bits per heavy atom. The van der Waals surface area contributed by atoms with Crippen molar-refractivity contribution in [3.8, 4) is 0 Å². The second-order valence-electron chi connectivity index (χ2n) is 3.83. The van der Waals surface area contributed by atoms with E-state index in [0.29, 0.717) is 0 Å². The molecular weight excluding hydrogens is 264 g/mol. The van der Waals surface area contributed by atoms with Gasteiger partial charge in [-0.3, -0.25) is 4.98 Å². The van der Waals surface area contributed by atoms with Gasteiger partial charge in [-0.15, -0.1) is 0 Å². The van der Waals surface area contributed by atoms with E-state index in [1.807, 2.05) is 18.2 Å². The first-order valence-corrected chi connectivity index (χ1v) is 7.06. The molecule has 0 aliphatic rings. The van der Waals surface area contributed by atoms with Crippen LogP contribution in [0.15, 0.2) is 52.5 Å². The largest absolute Gasteiger partial charge is 0.313 e. The van der Waals surface area contributed by atoms with Gasteiger partial charge >= 0.3 is 0 Å². The number of nitrogens with one attached hydrogen (secondary N) is 1. The molecule has 18 heavy (non-hydrogen) atoms. The lowest BCUT2D eigenvalue weighted by atomic mass is 10.2. The van der Waals surface area contributed by atoms with Crippen LogP contribution >= 0.6 is 23.4 Å². The first-order chi connectivity index (χ1) is 8.79. The molecular formula is C14H15ClN2S. The molecule has 1 aromatic heterocycles. The molecule has 2 nitrogen and oxygen atoms in total. The number of pyridine rings is 1. The summed E-state index contributed by atoms with van der Waals surface area (Å²) < 4.78 is 0. The molecule has 0 unspecified atom stereocenters. The lowest BCUT2D eigenvalue weighted by Crippen LogP contribution is -2.11. The fourth-order valence-electron chi connectivity index (χ4n) is 1.54. The molecule has 1 N–H and O–H groups in total. The van der Waals surface area contributed by atoms with Gasteiger partial charge in [0, 0.05) is 28.7 Å². The van der Waals surface area contributed by atoms with E-state index >= 15 is 0 Å². The molecule has 2 rings (SSSR count). The van der Waals surface area contributed by atoms with Crippen molar-refractivity contribution in [2.24, 2.45) is 0 Å². The van der Waals surface area contributed by atoms with Crippen molar-refractivity contribution in [3.05, 3.63) is 53.3 Å². The number of rotatable bonds is 5. The summed E-state index contributed by atoms with van der Waals surface area (Å²) in [4.78, 5) is 6.22. The number of benzene rings is 1. The van der Waals surface area contributed by atoms with Gasteiger partial charge in [0.1, 0.15) is 0 Å². The predicted octanol–water partition coefficient (Wildman–Crippen LogP) is 4.00. The van der Waals surface area contributed by atoms with E-state index in [1.165, 1.54) is 5.56 Å². The first kappa shape index (κ1) is 13.4. The van der Waals surface area contributed by atoms with Crippen LogP contribution in [0.4, 0.5) is 0 Å². The minimum absolute atomic E-state index is 0.798. The minimum atomic E-state index is 0.798. The topological polar surface area (TPSA) is 24.9 Å². The van der Waals surface area contributed by atoms with Crippen molar-refractivity contribution >= 4 is 23.4 Å². The maximum atomic E-state index is 6.29. The van der Waals surface area contributed by atoms with Crippen LogP contribution in [-0.4, -0.2) is 11.5 Å². The average Bonchev–Trinajstić information content (AvgIpc) is 2.40. The van der Waals surface area contributed by atoms with E-state index < -0.39 is 0 Å². The monoisotopic (exact) mass is 278 g/mol. The van der Waals surface area contributed by atoms with Gasteiger partial charge in [-0.25, -0.2) is 0 Å². The zero-order chi connectivity index (χ0) is 12.8. The van der Waals surface area contributed by atoms with Crippen LogP contribution in [0.1, 0.15) is 12.5 Å². The number of hydrogen-bond acceptors (Lipinski definition) is 3. The van der Waals surface area contributed by atoms with Crippen LogP contribution < -0.4 is 5.32 Å². The molecule has 0 atom stereocenters. The van der Waals surface area contributed by atoms with Gasteiger partial charge in [0.25, 0.3) is 0 Å². The summed E-state index contributed by atoms with van der Waals surface area (Å²) in [6.07, 6.45) is 3.57. The quantitative estimate of drug-likeness (QED) is 0.895. The van der Waals surface area contributed by atoms with Crippen LogP contribution in [0.2, 0.25) is 5.02 Å². The third-order valence-electron chi connectivity index (χ3n) is 2.45. The molecule has 94 valence electrons. The molecule has 0 fully saturated rings. The summed E-state index contributed by atoms with van der Waals surface area (Å²) in [7, 11) is 0. The normalized spacial score (nSPS) is 10.6. The Morgan fingerprint density at radius 1 is 1.22 bits per heavy atom. The average molecular weight is 279 g/mol. The van der Waals surface area contributed by atoms with Crippen LogP contribution in [0.25, 0.3) is 0 Å². The summed E-state index contributed by atoms with van der Waals surface area (Å²) in [6.45, 7) is 3.91. The molecule has 0 bridgehead atoms. The summed E-state index contributed by atoms with van der Waals surface area (Å²) in [5.41, 5.74) is 1.21. The van der Waals surface area contributed by atoms with E-state index in [0.717, 1.165) is 27.9 Å². The molecule has 0 amide bonds. The summed E-state index contributed by atoms with van der Waals surface area (Å²) in [6, 6.07) is 10.2. The molecule has 1 heterocycles. The molecule has 0 radical (unpaired) electrons. The van der Waals surface area contributed by atoms with Crippen molar-refractivity contribution in [3.63, 3.8) is 0 Å². The fraction of sp³-hybridized carbons (Fsp3) is 0.214. The van der Waals surface area contributed by atoms with Gasteiger partial charge < -0.3 is 5.32 Å². The highest BCUT2D eigenvalue weighted by Gasteiger charge is 2.04. The second-order valence-corrected chi connectivity index (χ2v) is 5.35. The lowest BCUT2D eigenvalue weighted by molar-refractivity contribution is 0.726. The summed E-state index contributed by atoms with van der Waals surface area (Å²) in [5, 5.41) is 4.09. The van der Waals surface area contributed by atoms with Crippen molar-refractivity contribution in [1.29, 1.82) is 0 Å². The molecule has 0 saturated heterocycles. The van der Waals surface area contributed by atoms with Crippen molar-refractivity contribution < 1.29 is 0 Å². The highest BCUT2D eigenvalue weighted by Crippen LogP contribution is 2.33. The predicted molar refractivity (Wildman–Crippen MR) is 77.2 cm³/mol. The Balaban J connectivity index is 2.10. The highest BCUT2D eigenvalue weighted by atomic mass is 35.5. The summed E-state index contributed by atoms with van der Waals surface area (Å²) in [5.74, 6) is 0. The Kier molecular flexibility index (Phi) is 5.05. The number of nitrogens with zero attached hydrogens (tertiary/aromatic N) is 1. The molecule has 0 aliphatic carbocycles. The number of halogens is 1. The SMILES string of the molecule is CCNCc1ccc(Sc2ccncc2)c(Cl)c1. The Morgan fingerprint density at radius 2 is 2.00 bits per heavy atom. The van der Waals surface area contributed by atoms with Gasteiger partial charge in [0.05, 0.1) is 5.02 Å². The zero-order valence-corrected chi connectivity index (χ0v) is 11.8. The zero-order valence-electron chi connectivity index (χ0n) is 10.2. The molecule has 1 aromatic carbocycles. The minimum Gasteiger partial charge on any atom is -0.313 e. The molecule has 4 heteroatoms. The maximum absolute atomic E-state index is 6.29. The van der Waals surface area contributed by atoms with E-state index in [9.17, 15) is 0 Å². The van der Waals surface area contributed by atoms with Crippen LogP contribution in [0.3, 0.4) is 0 Å². The highest BCUT2D eigenvalue weighted by molar-refractivity contribution is 7.99. The number of hydrogen-bond donors (Lipinski definition) is 1. The van der Waals surface area contributed by atoms with Gasteiger partial charge in [-0.2, -0.15) is 0 Å². The Hall–Kier alpha value is -1.03. The first-order valence-electron chi connectivity index (χ1n) is 5.86. The maximum Gasteiger partial charge on any atom is 0.0548 e. The van der Waals surface area contributed by atoms with Gasteiger partial charge in [0.2, 0.25) is 0 Å². The van der Waals surface area contributed by atoms with E-state index in [2.05, 4.69) is 29.4 Å². The van der Waals surface area contributed by atoms with Crippen LogP contribution in [0.5, 0.6) is 0 Å². The van der Waals surface area contributed by atoms with Crippen LogP contribution in [-0.2, 0) is 6.54 Å². The van der Waals surface area contributed by atoms with Gasteiger partial charge in [-0.1, -0.05) is 36.4 Å². The third-order valence-corrected chi connectivity index (χ3v) is 3.96. The van der Waals surface area contributed by atoms with E-state index in [4.69, 9.17) is 11.6 Å². The van der Waals surface area contributed by atoms with Gasteiger partial charge in [-0.05, 0) is 36.4 Å². The van der Waals surface area contributed by atoms with Crippen molar-refractivity contribution in [2.75, 3.05) is 6.54 Å².